The summed E-state index contributed by atoms with van der Waals surface area (Å²) in [7, 11) is -0.0691. The van der Waals surface area contributed by atoms with E-state index in [-0.39, 0.29) is 42.3 Å². The Hall–Kier alpha value is -2.87. The van der Waals surface area contributed by atoms with Gasteiger partial charge in [0.05, 0.1) is 6.54 Å². The topological polar surface area (TPSA) is 195 Å². The number of aromatic carboxylic acids is 1. The summed E-state index contributed by atoms with van der Waals surface area (Å²) in [5, 5.41) is 43.5. The van der Waals surface area contributed by atoms with Crippen molar-refractivity contribution in [2.75, 3.05) is 33.2 Å². The van der Waals surface area contributed by atoms with Crippen molar-refractivity contribution in [2.24, 2.45) is 5.73 Å². The van der Waals surface area contributed by atoms with Crippen LogP contribution in [0.25, 0.3) is 0 Å². The maximum atomic E-state index is 12.2. The minimum absolute atomic E-state index is 0.00831. The van der Waals surface area contributed by atoms with Crippen molar-refractivity contribution in [3.05, 3.63) is 23.3 Å². The number of hydrogen-bond donors (Lipinski definition) is 7. The molecule has 33 heavy (non-hydrogen) atoms. The predicted molar refractivity (Wildman–Crippen MR) is 117 cm³/mol. The van der Waals surface area contributed by atoms with Crippen molar-refractivity contribution in [1.82, 2.24) is 15.5 Å². The maximum absolute atomic E-state index is 12.2. The Morgan fingerprint density at radius 2 is 1.97 bits per heavy atom. The highest BCUT2D eigenvalue weighted by molar-refractivity contribution is 6.44. The average Bonchev–Trinajstić information content (AvgIpc) is 3.50. The second-order valence-corrected chi connectivity index (χ2v) is 8.81. The van der Waals surface area contributed by atoms with Gasteiger partial charge in [0.2, 0.25) is 11.8 Å². The van der Waals surface area contributed by atoms with Gasteiger partial charge in [0.15, 0.2) is 0 Å². The van der Waals surface area contributed by atoms with Gasteiger partial charge in [-0.15, -0.1) is 0 Å². The molecule has 2 amide bonds. The van der Waals surface area contributed by atoms with Crippen molar-refractivity contribution < 1.29 is 39.4 Å². The normalized spacial score (nSPS) is 22.0. The largest absolute Gasteiger partial charge is 0.507 e. The number of ether oxygens (including phenoxy) is 1. The molecular weight excluding hydrogens is 435 g/mol. The molecule has 1 saturated carbocycles. The molecule has 1 aromatic carbocycles. The zero-order valence-electron chi connectivity index (χ0n) is 18.4. The summed E-state index contributed by atoms with van der Waals surface area (Å²) >= 11 is 0. The molecule has 1 aliphatic heterocycles. The summed E-state index contributed by atoms with van der Waals surface area (Å²) in [6.07, 6.45) is 0.0717. The van der Waals surface area contributed by atoms with E-state index in [1.165, 1.54) is 19.2 Å². The zero-order chi connectivity index (χ0) is 24.5. The Morgan fingerprint density at radius 3 is 2.52 bits per heavy atom. The van der Waals surface area contributed by atoms with E-state index >= 15 is 0 Å². The van der Waals surface area contributed by atoms with Crippen molar-refractivity contribution in [3.63, 3.8) is 0 Å². The third-order valence-corrected chi connectivity index (χ3v) is 5.98. The molecule has 2 fully saturated rings. The van der Waals surface area contributed by atoms with E-state index in [1.54, 1.807) is 6.92 Å². The molecule has 0 aromatic heterocycles. The second-order valence-electron chi connectivity index (χ2n) is 8.81. The van der Waals surface area contributed by atoms with Crippen LogP contribution in [-0.4, -0.2) is 94.9 Å². The number of carbonyl (C=O) groups excluding carboxylic acids is 2. The highest BCUT2D eigenvalue weighted by Gasteiger charge is 2.48. The number of nitrogens with one attached hydrogen (secondary N) is 2. The van der Waals surface area contributed by atoms with Gasteiger partial charge in [0.1, 0.15) is 28.7 Å². The Kier molecular flexibility index (Phi) is 7.17. The summed E-state index contributed by atoms with van der Waals surface area (Å²) in [5.74, 6) is -3.37. The number of likely N-dealkylation sites (tertiary alicyclic amines) is 1. The van der Waals surface area contributed by atoms with Crippen LogP contribution in [0.5, 0.6) is 11.5 Å². The third-order valence-electron chi connectivity index (χ3n) is 5.98. The number of carboxylic acids is 1. The SMILES string of the molecule is CNC(=O)CNC(=O)C(C)(N)CN1CC(Oc2ccc(C3CC3B(O)O)c(O)c2C(=O)O)C1. The molecule has 1 aromatic rings. The van der Waals surface area contributed by atoms with E-state index < -0.39 is 36.1 Å². The van der Waals surface area contributed by atoms with Crippen LogP contribution in [0.15, 0.2) is 12.1 Å². The van der Waals surface area contributed by atoms with Gasteiger partial charge in [-0.2, -0.15) is 0 Å². The van der Waals surface area contributed by atoms with Gasteiger partial charge in [0, 0.05) is 32.5 Å². The van der Waals surface area contributed by atoms with Crippen molar-refractivity contribution >= 4 is 24.9 Å². The number of rotatable bonds is 10. The quantitative estimate of drug-likeness (QED) is 0.192. The fourth-order valence-corrected chi connectivity index (χ4v) is 3.99. The summed E-state index contributed by atoms with van der Waals surface area (Å²) < 4.78 is 5.78. The molecule has 0 radical (unpaired) electrons. The molecule has 0 bridgehead atoms. The lowest BCUT2D eigenvalue weighted by Crippen LogP contribution is -2.64. The van der Waals surface area contributed by atoms with E-state index in [4.69, 9.17) is 10.5 Å². The van der Waals surface area contributed by atoms with E-state index in [0.717, 1.165) is 0 Å². The first kappa shape index (κ1) is 24.8. The van der Waals surface area contributed by atoms with E-state index in [9.17, 15) is 34.6 Å². The van der Waals surface area contributed by atoms with Crippen LogP contribution < -0.4 is 21.1 Å². The number of amides is 2. The van der Waals surface area contributed by atoms with Crippen LogP contribution in [0, 0.1) is 0 Å². The van der Waals surface area contributed by atoms with Crippen molar-refractivity contribution in [3.8, 4) is 11.5 Å². The van der Waals surface area contributed by atoms with E-state index in [0.29, 0.717) is 25.1 Å². The third kappa shape index (κ3) is 5.56. The fourth-order valence-electron chi connectivity index (χ4n) is 3.99. The van der Waals surface area contributed by atoms with Crippen molar-refractivity contribution in [1.29, 1.82) is 0 Å². The molecule has 2 aliphatic rings. The molecule has 12 nitrogen and oxygen atoms in total. The Labute approximate surface area is 190 Å². The van der Waals surface area contributed by atoms with Crippen LogP contribution in [0.4, 0.5) is 0 Å². The highest BCUT2D eigenvalue weighted by atomic mass is 16.5. The molecule has 180 valence electrons. The number of likely N-dealkylation sites (N-methyl/N-ethyl adjacent to an activating group) is 1. The Bertz CT molecular complexity index is 935. The van der Waals surface area contributed by atoms with Gasteiger partial charge < -0.3 is 41.4 Å². The summed E-state index contributed by atoms with van der Waals surface area (Å²) in [6.45, 7) is 2.35. The smallest absolute Gasteiger partial charge is 0.455 e. The van der Waals surface area contributed by atoms with Crippen molar-refractivity contribution in [2.45, 2.75) is 36.7 Å². The number of aromatic hydroxyl groups is 1. The van der Waals surface area contributed by atoms with Gasteiger partial charge in [-0.3, -0.25) is 14.5 Å². The lowest BCUT2D eigenvalue weighted by Gasteiger charge is -2.42. The van der Waals surface area contributed by atoms with Gasteiger partial charge in [-0.1, -0.05) is 6.07 Å². The molecule has 1 saturated heterocycles. The van der Waals surface area contributed by atoms with Crippen LogP contribution in [0.1, 0.15) is 35.2 Å². The van der Waals surface area contributed by atoms with Crippen LogP contribution in [-0.2, 0) is 9.59 Å². The number of nitrogens with two attached hydrogens (primary N) is 1. The molecule has 1 heterocycles. The number of carbonyl (C=O) groups is 3. The minimum atomic E-state index is -1.53. The lowest BCUT2D eigenvalue weighted by molar-refractivity contribution is -0.130. The molecule has 3 unspecified atom stereocenters. The second kappa shape index (κ2) is 9.55. The summed E-state index contributed by atoms with van der Waals surface area (Å²) in [4.78, 5) is 37.1. The molecular formula is C20H29BN4O8. The molecule has 8 N–H and O–H groups in total. The Morgan fingerprint density at radius 1 is 1.30 bits per heavy atom. The van der Waals surface area contributed by atoms with Gasteiger partial charge in [0.25, 0.3) is 0 Å². The molecule has 3 atom stereocenters. The first-order valence-electron chi connectivity index (χ1n) is 10.6. The van der Waals surface area contributed by atoms with Gasteiger partial charge in [-0.05, 0) is 30.9 Å². The number of benzene rings is 1. The first-order chi connectivity index (χ1) is 15.4. The number of phenols is 1. The molecule has 13 heteroatoms. The summed E-state index contributed by atoms with van der Waals surface area (Å²) in [6, 6.07) is 2.99. The first-order valence-corrected chi connectivity index (χ1v) is 10.6. The van der Waals surface area contributed by atoms with Gasteiger partial charge >= 0.3 is 13.1 Å². The van der Waals surface area contributed by atoms with Gasteiger partial charge in [-0.25, -0.2) is 4.79 Å². The van der Waals surface area contributed by atoms with E-state index in [2.05, 4.69) is 10.6 Å². The Balaban J connectivity index is 1.58. The summed E-state index contributed by atoms with van der Waals surface area (Å²) in [5.41, 5.74) is 4.81. The standard InChI is InChI=1S/C20H29BN4O8/c1-20(22,19(30)24-6-15(26)23-2)9-25-7-10(8-25)33-14-4-3-11(12-5-13(12)21(31)32)17(27)16(14)18(28)29/h3-4,10,12-13,27,31-32H,5-9,22H2,1-2H3,(H,23,26)(H,24,30)(H,28,29). The molecule has 3 rings (SSSR count). The average molecular weight is 464 g/mol. The van der Waals surface area contributed by atoms with Crippen LogP contribution >= 0.6 is 0 Å². The van der Waals surface area contributed by atoms with Crippen LogP contribution in [0.2, 0.25) is 5.82 Å². The molecule has 0 spiro atoms. The number of carboxylic acid groups (broad SMARTS) is 1. The zero-order valence-corrected chi connectivity index (χ0v) is 18.4. The predicted octanol–water partition coefficient (Wildman–Crippen LogP) is -1.94. The monoisotopic (exact) mass is 464 g/mol. The maximum Gasteiger partial charge on any atom is 0.455 e. The number of hydrogen-bond acceptors (Lipinski definition) is 9. The number of nitrogens with zero attached hydrogens (tertiary/aromatic N) is 1. The highest BCUT2D eigenvalue weighted by Crippen LogP contribution is 2.56. The van der Waals surface area contributed by atoms with E-state index in [1.807, 2.05) is 4.90 Å². The minimum Gasteiger partial charge on any atom is -0.507 e. The van der Waals surface area contributed by atoms with Crippen LogP contribution in [0.3, 0.4) is 0 Å². The lowest BCUT2D eigenvalue weighted by atomic mass is 9.81. The fraction of sp³-hybridized carbons (Fsp3) is 0.550. The molecule has 1 aliphatic carbocycles.